The molecule has 0 atom stereocenters. The van der Waals surface area contributed by atoms with Gasteiger partial charge in [0.1, 0.15) is 17.4 Å². The third-order valence-electron chi connectivity index (χ3n) is 3.89. The number of fused-ring (bicyclic) bond motifs is 3. The van der Waals surface area contributed by atoms with E-state index in [2.05, 4.69) is 45.4 Å². The number of anilines is 2. The molecule has 0 spiro atoms. The van der Waals surface area contributed by atoms with E-state index in [1.807, 2.05) is 30.3 Å². The van der Waals surface area contributed by atoms with Crippen molar-refractivity contribution in [3.8, 4) is 0 Å². The molecule has 2 heterocycles. The van der Waals surface area contributed by atoms with E-state index < -0.39 is 0 Å². The van der Waals surface area contributed by atoms with Gasteiger partial charge in [-0.3, -0.25) is 0 Å². The van der Waals surface area contributed by atoms with E-state index in [1.54, 1.807) is 6.33 Å². The van der Waals surface area contributed by atoms with Gasteiger partial charge in [-0.15, -0.1) is 0 Å². The van der Waals surface area contributed by atoms with Crippen LogP contribution in [0, 0.1) is 0 Å². The SMILES string of the molecule is CCc1ccc2[nH]c3c(Nc4ccccc4)ncnc3c2c1. The van der Waals surface area contributed by atoms with Crippen molar-refractivity contribution in [2.45, 2.75) is 13.3 Å². The molecule has 0 bridgehead atoms. The monoisotopic (exact) mass is 288 g/mol. The standard InChI is InChI=1S/C18H16N4/c1-2-12-8-9-15-14(10-12)16-17(22-15)18(20-11-19-16)21-13-6-4-3-5-7-13/h3-11,22H,2H2,1H3,(H,19,20,21). The second-order valence-electron chi connectivity index (χ2n) is 5.30. The highest BCUT2D eigenvalue weighted by Gasteiger charge is 2.11. The number of aromatic amines is 1. The van der Waals surface area contributed by atoms with Crippen molar-refractivity contribution in [3.05, 3.63) is 60.4 Å². The van der Waals surface area contributed by atoms with Gasteiger partial charge in [0, 0.05) is 16.6 Å². The van der Waals surface area contributed by atoms with E-state index in [0.29, 0.717) is 0 Å². The average molecular weight is 288 g/mol. The molecule has 0 aliphatic heterocycles. The number of aryl methyl sites for hydroxylation is 1. The molecule has 0 amide bonds. The van der Waals surface area contributed by atoms with Crippen LogP contribution in [0.5, 0.6) is 0 Å². The Hall–Kier alpha value is -2.88. The zero-order valence-corrected chi connectivity index (χ0v) is 12.3. The van der Waals surface area contributed by atoms with Crippen LogP contribution in [0.15, 0.2) is 54.9 Å². The maximum absolute atomic E-state index is 4.46. The van der Waals surface area contributed by atoms with Gasteiger partial charge in [-0.1, -0.05) is 31.2 Å². The lowest BCUT2D eigenvalue weighted by atomic mass is 10.1. The van der Waals surface area contributed by atoms with Crippen molar-refractivity contribution in [3.63, 3.8) is 0 Å². The molecule has 0 saturated heterocycles. The van der Waals surface area contributed by atoms with Crippen LogP contribution in [0.3, 0.4) is 0 Å². The van der Waals surface area contributed by atoms with Crippen molar-refractivity contribution in [2.75, 3.05) is 5.32 Å². The summed E-state index contributed by atoms with van der Waals surface area (Å²) in [5.41, 5.74) is 5.30. The number of nitrogens with one attached hydrogen (secondary N) is 2. The van der Waals surface area contributed by atoms with Crippen LogP contribution in [0.2, 0.25) is 0 Å². The maximum Gasteiger partial charge on any atom is 0.158 e. The summed E-state index contributed by atoms with van der Waals surface area (Å²) in [7, 11) is 0. The molecule has 0 unspecified atom stereocenters. The lowest BCUT2D eigenvalue weighted by Gasteiger charge is -2.05. The summed E-state index contributed by atoms with van der Waals surface area (Å²) >= 11 is 0. The highest BCUT2D eigenvalue weighted by atomic mass is 15.0. The van der Waals surface area contributed by atoms with Crippen LogP contribution in [0.4, 0.5) is 11.5 Å². The quantitative estimate of drug-likeness (QED) is 0.587. The summed E-state index contributed by atoms with van der Waals surface area (Å²) in [5.74, 6) is 0.797. The lowest BCUT2D eigenvalue weighted by Crippen LogP contribution is -1.95. The fraction of sp³-hybridized carbons (Fsp3) is 0.111. The molecular weight excluding hydrogens is 272 g/mol. The van der Waals surface area contributed by atoms with Crippen LogP contribution < -0.4 is 5.32 Å². The number of hydrogen-bond acceptors (Lipinski definition) is 3. The first-order chi connectivity index (χ1) is 10.8. The molecule has 4 rings (SSSR count). The minimum absolute atomic E-state index is 0.797. The fourth-order valence-corrected chi connectivity index (χ4v) is 2.71. The number of hydrogen-bond donors (Lipinski definition) is 2. The van der Waals surface area contributed by atoms with E-state index in [9.17, 15) is 0 Å². The second kappa shape index (κ2) is 5.15. The normalized spacial score (nSPS) is 11.1. The summed E-state index contributed by atoms with van der Waals surface area (Å²) in [6.45, 7) is 2.16. The Balaban J connectivity index is 1.89. The third kappa shape index (κ3) is 2.09. The Bertz CT molecular complexity index is 941. The molecule has 108 valence electrons. The number of H-pyrrole nitrogens is 1. The predicted octanol–water partition coefficient (Wildman–Crippen LogP) is 4.42. The van der Waals surface area contributed by atoms with Crippen LogP contribution in [0.25, 0.3) is 21.9 Å². The zero-order chi connectivity index (χ0) is 14.9. The van der Waals surface area contributed by atoms with Gasteiger partial charge >= 0.3 is 0 Å². The van der Waals surface area contributed by atoms with E-state index in [-0.39, 0.29) is 0 Å². The summed E-state index contributed by atoms with van der Waals surface area (Å²) in [6, 6.07) is 16.5. The van der Waals surface area contributed by atoms with Crippen LogP contribution >= 0.6 is 0 Å². The van der Waals surface area contributed by atoms with Crippen LogP contribution in [-0.4, -0.2) is 15.0 Å². The van der Waals surface area contributed by atoms with Gasteiger partial charge in [-0.2, -0.15) is 0 Å². The van der Waals surface area contributed by atoms with E-state index in [4.69, 9.17) is 0 Å². The highest BCUT2D eigenvalue weighted by Crippen LogP contribution is 2.29. The van der Waals surface area contributed by atoms with Crippen molar-refractivity contribution in [1.29, 1.82) is 0 Å². The first-order valence-corrected chi connectivity index (χ1v) is 7.42. The Labute approximate surface area is 128 Å². The molecule has 0 aliphatic carbocycles. The topological polar surface area (TPSA) is 53.6 Å². The van der Waals surface area contributed by atoms with Crippen LogP contribution in [0.1, 0.15) is 12.5 Å². The summed E-state index contributed by atoms with van der Waals surface area (Å²) in [6.07, 6.45) is 2.63. The molecule has 4 nitrogen and oxygen atoms in total. The third-order valence-corrected chi connectivity index (χ3v) is 3.89. The molecule has 0 aliphatic rings. The minimum atomic E-state index is 0.797. The number of aromatic nitrogens is 3. The molecule has 4 aromatic rings. The fourth-order valence-electron chi connectivity index (χ4n) is 2.71. The van der Waals surface area contributed by atoms with Crippen LogP contribution in [-0.2, 0) is 6.42 Å². The molecule has 4 heteroatoms. The van der Waals surface area contributed by atoms with Gasteiger partial charge in [-0.05, 0) is 36.2 Å². The minimum Gasteiger partial charge on any atom is -0.350 e. The number of para-hydroxylation sites is 1. The Kier molecular flexibility index (Phi) is 3.00. The second-order valence-corrected chi connectivity index (χ2v) is 5.30. The van der Waals surface area contributed by atoms with Gasteiger partial charge in [-0.25, -0.2) is 9.97 Å². The predicted molar refractivity (Wildman–Crippen MR) is 90.5 cm³/mol. The first-order valence-electron chi connectivity index (χ1n) is 7.42. The Morgan fingerprint density at radius 2 is 1.91 bits per heavy atom. The van der Waals surface area contributed by atoms with Crippen molar-refractivity contribution in [1.82, 2.24) is 15.0 Å². The summed E-state index contributed by atoms with van der Waals surface area (Å²) < 4.78 is 0. The molecule has 2 N–H and O–H groups in total. The Morgan fingerprint density at radius 1 is 1.05 bits per heavy atom. The molecule has 2 aromatic carbocycles. The van der Waals surface area contributed by atoms with E-state index in [1.165, 1.54) is 5.56 Å². The summed E-state index contributed by atoms with van der Waals surface area (Å²) in [4.78, 5) is 12.3. The number of nitrogens with zero attached hydrogens (tertiary/aromatic N) is 2. The molecule has 0 radical (unpaired) electrons. The van der Waals surface area contributed by atoms with E-state index >= 15 is 0 Å². The highest BCUT2D eigenvalue weighted by molar-refractivity contribution is 6.08. The average Bonchev–Trinajstić information content (AvgIpc) is 2.95. The molecular formula is C18H16N4. The number of benzene rings is 2. The summed E-state index contributed by atoms with van der Waals surface area (Å²) in [5, 5.41) is 4.50. The van der Waals surface area contributed by atoms with Gasteiger partial charge in [0.05, 0.1) is 0 Å². The van der Waals surface area contributed by atoms with E-state index in [0.717, 1.165) is 39.9 Å². The maximum atomic E-state index is 4.46. The van der Waals surface area contributed by atoms with Gasteiger partial charge < -0.3 is 10.3 Å². The first kappa shape index (κ1) is 12.8. The zero-order valence-electron chi connectivity index (χ0n) is 12.3. The molecule has 22 heavy (non-hydrogen) atoms. The van der Waals surface area contributed by atoms with Gasteiger partial charge in [0.15, 0.2) is 5.82 Å². The van der Waals surface area contributed by atoms with Crippen molar-refractivity contribution < 1.29 is 0 Å². The number of rotatable bonds is 3. The lowest BCUT2D eigenvalue weighted by molar-refractivity contribution is 1.15. The largest absolute Gasteiger partial charge is 0.350 e. The van der Waals surface area contributed by atoms with Gasteiger partial charge in [0.2, 0.25) is 0 Å². The van der Waals surface area contributed by atoms with Gasteiger partial charge in [0.25, 0.3) is 0 Å². The smallest absolute Gasteiger partial charge is 0.158 e. The molecule has 0 saturated carbocycles. The van der Waals surface area contributed by atoms with Crippen molar-refractivity contribution >= 4 is 33.4 Å². The molecule has 2 aromatic heterocycles. The molecule has 0 fully saturated rings. The van der Waals surface area contributed by atoms with Crippen molar-refractivity contribution in [2.24, 2.45) is 0 Å². The Morgan fingerprint density at radius 3 is 2.73 bits per heavy atom.